The van der Waals surface area contributed by atoms with Crippen LogP contribution in [0, 0.1) is 23.7 Å². The highest BCUT2D eigenvalue weighted by molar-refractivity contribution is 5.80. The topological polar surface area (TPSA) is 80.3 Å². The molecule has 0 aromatic rings. The lowest BCUT2D eigenvalue weighted by molar-refractivity contribution is -0.331. The van der Waals surface area contributed by atoms with Crippen molar-refractivity contribution in [1.82, 2.24) is 0 Å². The van der Waals surface area contributed by atoms with E-state index in [1.54, 1.807) is 0 Å². The van der Waals surface area contributed by atoms with Gasteiger partial charge in [-0.15, -0.1) is 0 Å². The second-order valence-corrected chi connectivity index (χ2v) is 6.44. The number of carbonyl (C=O) groups is 2. The van der Waals surface area contributed by atoms with Crippen LogP contribution in [0.5, 0.6) is 0 Å². The van der Waals surface area contributed by atoms with Crippen LogP contribution >= 0.6 is 0 Å². The third-order valence-corrected chi connectivity index (χ3v) is 5.53. The van der Waals surface area contributed by atoms with Crippen molar-refractivity contribution in [1.29, 1.82) is 0 Å². The standard InChI is InChI=1S/C16H22O4/c17-15(18)13-11-7-3-1-5-9(11)10-6-2-4-8-12(10)14(13)16(19)20/h11-14H,1-8H2,(H,17,18)(H,19,20)/p-2/t11-,12-,13-,14+/m1/s1. The maximum absolute atomic E-state index is 11.6. The van der Waals surface area contributed by atoms with Crippen LogP contribution in [0.25, 0.3) is 0 Å². The Labute approximate surface area is 118 Å². The summed E-state index contributed by atoms with van der Waals surface area (Å²) in [4.78, 5) is 23.1. The monoisotopic (exact) mass is 276 g/mol. The highest BCUT2D eigenvalue weighted by Crippen LogP contribution is 2.52. The van der Waals surface area contributed by atoms with Crippen molar-refractivity contribution in [2.75, 3.05) is 0 Å². The highest BCUT2D eigenvalue weighted by Gasteiger charge is 2.46. The third kappa shape index (κ3) is 2.05. The van der Waals surface area contributed by atoms with Gasteiger partial charge in [0.05, 0.1) is 0 Å². The molecule has 110 valence electrons. The molecule has 0 amide bonds. The van der Waals surface area contributed by atoms with E-state index in [9.17, 15) is 19.8 Å². The van der Waals surface area contributed by atoms with E-state index < -0.39 is 23.8 Å². The number of rotatable bonds is 2. The molecular weight excluding hydrogens is 256 g/mol. The molecule has 3 aliphatic carbocycles. The molecule has 20 heavy (non-hydrogen) atoms. The van der Waals surface area contributed by atoms with E-state index in [1.807, 2.05) is 0 Å². The lowest BCUT2D eigenvalue weighted by Gasteiger charge is -2.50. The fourth-order valence-electron chi connectivity index (χ4n) is 4.79. The van der Waals surface area contributed by atoms with Gasteiger partial charge >= 0.3 is 0 Å². The van der Waals surface area contributed by atoms with Crippen LogP contribution in [0.4, 0.5) is 0 Å². The predicted octanol–water partition coefficient (Wildman–Crippen LogP) is 0.409. The van der Waals surface area contributed by atoms with Crippen molar-refractivity contribution >= 4 is 11.9 Å². The van der Waals surface area contributed by atoms with E-state index >= 15 is 0 Å². The van der Waals surface area contributed by atoms with Crippen LogP contribution in [0.15, 0.2) is 11.1 Å². The van der Waals surface area contributed by atoms with E-state index in [0.29, 0.717) is 0 Å². The molecule has 0 N–H and O–H groups in total. The molecule has 0 saturated heterocycles. The molecule has 4 nitrogen and oxygen atoms in total. The van der Waals surface area contributed by atoms with Crippen LogP contribution in [0.2, 0.25) is 0 Å². The maximum atomic E-state index is 11.6. The quantitative estimate of drug-likeness (QED) is 0.684. The van der Waals surface area contributed by atoms with Crippen LogP contribution in [0.3, 0.4) is 0 Å². The minimum atomic E-state index is -1.20. The molecule has 4 atom stereocenters. The number of hydrogen-bond donors (Lipinski definition) is 0. The molecule has 0 aliphatic heterocycles. The van der Waals surface area contributed by atoms with Crippen molar-refractivity contribution in [3.05, 3.63) is 11.1 Å². The molecule has 3 rings (SSSR count). The van der Waals surface area contributed by atoms with Gasteiger partial charge < -0.3 is 19.8 Å². The number of aliphatic carboxylic acids is 2. The molecule has 0 aromatic carbocycles. The molecule has 0 bridgehead atoms. The number of carboxylic acids is 2. The van der Waals surface area contributed by atoms with Crippen molar-refractivity contribution in [2.45, 2.75) is 51.4 Å². The largest absolute Gasteiger partial charge is 0.550 e. The Morgan fingerprint density at radius 3 is 1.50 bits per heavy atom. The van der Waals surface area contributed by atoms with Gasteiger partial charge in [0.2, 0.25) is 0 Å². The molecule has 0 spiro atoms. The number of carbonyl (C=O) groups excluding carboxylic acids is 2. The van der Waals surface area contributed by atoms with Gasteiger partial charge in [-0.2, -0.15) is 0 Å². The zero-order chi connectivity index (χ0) is 14.3. The van der Waals surface area contributed by atoms with Crippen LogP contribution in [0.1, 0.15) is 51.4 Å². The summed E-state index contributed by atoms with van der Waals surface area (Å²) in [6, 6.07) is 0. The smallest absolute Gasteiger partial charge is 0.0458 e. The molecule has 3 aliphatic rings. The zero-order valence-corrected chi connectivity index (χ0v) is 11.6. The predicted molar refractivity (Wildman–Crippen MR) is 67.9 cm³/mol. The first-order valence-electron chi connectivity index (χ1n) is 7.74. The van der Waals surface area contributed by atoms with Crippen molar-refractivity contribution < 1.29 is 19.8 Å². The minimum absolute atomic E-state index is 0.124. The minimum Gasteiger partial charge on any atom is -0.550 e. The second-order valence-electron chi connectivity index (χ2n) is 6.44. The van der Waals surface area contributed by atoms with Crippen LogP contribution in [-0.2, 0) is 9.59 Å². The average Bonchev–Trinajstić information content (AvgIpc) is 2.45. The molecule has 2 fully saturated rings. The lowest BCUT2D eigenvalue weighted by atomic mass is 9.57. The zero-order valence-electron chi connectivity index (χ0n) is 11.6. The van der Waals surface area contributed by atoms with Gasteiger partial charge in [0.15, 0.2) is 0 Å². The van der Waals surface area contributed by atoms with Gasteiger partial charge in [-0.1, -0.05) is 24.0 Å². The van der Waals surface area contributed by atoms with E-state index in [2.05, 4.69) is 0 Å². The molecule has 0 radical (unpaired) electrons. The number of allylic oxidation sites excluding steroid dienone is 2. The molecular formula is C16H20O4-2. The summed E-state index contributed by atoms with van der Waals surface area (Å²) in [5.74, 6) is -4.42. The lowest BCUT2D eigenvalue weighted by Crippen LogP contribution is -2.53. The van der Waals surface area contributed by atoms with Gasteiger partial charge in [-0.25, -0.2) is 0 Å². The Kier molecular flexibility index (Phi) is 3.57. The Bertz CT molecular complexity index is 423. The van der Waals surface area contributed by atoms with Crippen LogP contribution < -0.4 is 10.2 Å². The van der Waals surface area contributed by atoms with Crippen LogP contribution in [-0.4, -0.2) is 11.9 Å². The Balaban J connectivity index is 2.09. The first kappa shape index (κ1) is 13.7. The summed E-state index contributed by atoms with van der Waals surface area (Å²) < 4.78 is 0. The van der Waals surface area contributed by atoms with Gasteiger partial charge in [-0.3, -0.25) is 0 Å². The molecule has 2 saturated carbocycles. The molecule has 0 heterocycles. The summed E-state index contributed by atoms with van der Waals surface area (Å²) in [5, 5.41) is 23.1. The Morgan fingerprint density at radius 1 is 0.750 bits per heavy atom. The van der Waals surface area contributed by atoms with Crippen molar-refractivity contribution in [3.63, 3.8) is 0 Å². The van der Waals surface area contributed by atoms with Gasteiger partial charge in [-0.05, 0) is 50.4 Å². The number of carboxylic acid groups (broad SMARTS) is 2. The maximum Gasteiger partial charge on any atom is 0.0458 e. The molecule has 0 aromatic heterocycles. The highest BCUT2D eigenvalue weighted by atomic mass is 16.4. The van der Waals surface area contributed by atoms with Gasteiger partial charge in [0.1, 0.15) is 0 Å². The van der Waals surface area contributed by atoms with E-state index in [4.69, 9.17) is 0 Å². The average molecular weight is 276 g/mol. The van der Waals surface area contributed by atoms with Crippen molar-refractivity contribution in [2.24, 2.45) is 23.7 Å². The number of fused-ring (bicyclic) bond motifs is 2. The normalized spacial score (nSPS) is 37.0. The van der Waals surface area contributed by atoms with Crippen molar-refractivity contribution in [3.8, 4) is 0 Å². The number of hydrogen-bond acceptors (Lipinski definition) is 4. The summed E-state index contributed by atoms with van der Waals surface area (Å²) in [6.45, 7) is 0. The molecule has 0 unspecified atom stereocenters. The second kappa shape index (κ2) is 5.23. The summed E-state index contributed by atoms with van der Waals surface area (Å²) in [5.41, 5.74) is 2.51. The van der Waals surface area contributed by atoms with E-state index in [-0.39, 0.29) is 11.8 Å². The Morgan fingerprint density at radius 2 is 1.15 bits per heavy atom. The summed E-state index contributed by atoms with van der Waals surface area (Å²) in [7, 11) is 0. The Hall–Kier alpha value is -1.32. The van der Waals surface area contributed by atoms with E-state index in [0.717, 1.165) is 51.4 Å². The molecule has 4 heteroatoms. The van der Waals surface area contributed by atoms with Gasteiger partial charge in [0, 0.05) is 23.8 Å². The van der Waals surface area contributed by atoms with Gasteiger partial charge in [0.25, 0.3) is 0 Å². The van der Waals surface area contributed by atoms with E-state index in [1.165, 1.54) is 11.1 Å². The third-order valence-electron chi connectivity index (χ3n) is 5.53. The first-order chi connectivity index (χ1) is 9.61. The fourth-order valence-corrected chi connectivity index (χ4v) is 4.79. The summed E-state index contributed by atoms with van der Waals surface area (Å²) >= 11 is 0. The fraction of sp³-hybridized carbons (Fsp3) is 0.750. The SMILES string of the molecule is O=C([O-])[C@@H]1[C@H](C(=O)[O-])[C@@H]2CCCCC2=C2CCCC[C@H]21. The first-order valence-corrected chi connectivity index (χ1v) is 7.74. The summed E-state index contributed by atoms with van der Waals surface area (Å²) in [6.07, 6.45) is 7.61.